The summed E-state index contributed by atoms with van der Waals surface area (Å²) in [5, 5.41) is 2.94. The number of aryl methyl sites for hydroxylation is 2. The number of anilines is 1. The van der Waals surface area contributed by atoms with Gasteiger partial charge < -0.3 is 10.2 Å². The molecule has 0 spiro atoms. The van der Waals surface area contributed by atoms with Crippen LogP contribution in [0.25, 0.3) is 0 Å². The zero-order valence-corrected chi connectivity index (χ0v) is 17.9. The predicted octanol–water partition coefficient (Wildman–Crippen LogP) is 2.38. The van der Waals surface area contributed by atoms with E-state index in [1.54, 1.807) is 12.4 Å². The third-order valence-corrected chi connectivity index (χ3v) is 5.59. The molecule has 1 aliphatic heterocycles. The van der Waals surface area contributed by atoms with E-state index in [1.807, 2.05) is 38.1 Å². The van der Waals surface area contributed by atoms with Crippen LogP contribution in [0.2, 0.25) is 0 Å². The van der Waals surface area contributed by atoms with Crippen molar-refractivity contribution in [1.29, 1.82) is 0 Å². The smallest absolute Gasteiger partial charge is 0.225 e. The number of nitrogens with one attached hydrogen (secondary N) is 1. The Morgan fingerprint density at radius 2 is 1.73 bits per heavy atom. The Morgan fingerprint density at radius 3 is 2.43 bits per heavy atom. The molecule has 1 fully saturated rings. The molecule has 7 nitrogen and oxygen atoms in total. The summed E-state index contributed by atoms with van der Waals surface area (Å²) in [5.74, 6) is 0.756. The highest BCUT2D eigenvalue weighted by Gasteiger charge is 2.18. The molecule has 0 unspecified atom stereocenters. The molecular weight excluding hydrogens is 378 g/mol. The van der Waals surface area contributed by atoms with Crippen LogP contribution in [0.3, 0.4) is 0 Å². The number of ketones is 1. The van der Waals surface area contributed by atoms with Crippen molar-refractivity contribution < 1.29 is 9.59 Å². The zero-order valence-electron chi connectivity index (χ0n) is 17.9. The molecule has 2 heterocycles. The van der Waals surface area contributed by atoms with E-state index in [0.717, 1.165) is 50.7 Å². The maximum atomic E-state index is 12.3. The molecule has 1 amide bonds. The molecule has 1 aromatic carbocycles. The van der Waals surface area contributed by atoms with E-state index in [1.165, 1.54) is 5.56 Å². The molecule has 0 atom stereocenters. The van der Waals surface area contributed by atoms with Crippen LogP contribution < -0.4 is 10.2 Å². The lowest BCUT2D eigenvalue weighted by molar-refractivity contribution is -0.121. The Hall–Kier alpha value is -2.80. The fraction of sp³-hybridized carbons (Fsp3) is 0.478. The van der Waals surface area contributed by atoms with Gasteiger partial charge in [0, 0.05) is 63.5 Å². The maximum absolute atomic E-state index is 12.3. The van der Waals surface area contributed by atoms with Crippen LogP contribution in [-0.2, 0) is 4.79 Å². The Balaban J connectivity index is 1.28. The van der Waals surface area contributed by atoms with Gasteiger partial charge in [0.2, 0.25) is 11.9 Å². The number of carbonyl (C=O) groups is 2. The van der Waals surface area contributed by atoms with Crippen molar-refractivity contribution in [2.75, 3.05) is 44.2 Å². The fourth-order valence-corrected chi connectivity index (χ4v) is 3.53. The number of rotatable bonds is 9. The fourth-order valence-electron chi connectivity index (χ4n) is 3.53. The first-order chi connectivity index (χ1) is 14.5. The molecule has 0 aliphatic carbocycles. The topological polar surface area (TPSA) is 78.4 Å². The van der Waals surface area contributed by atoms with E-state index in [2.05, 4.69) is 25.1 Å². The summed E-state index contributed by atoms with van der Waals surface area (Å²) in [6.45, 7) is 9.37. The molecule has 2 aromatic rings. The van der Waals surface area contributed by atoms with E-state index in [0.29, 0.717) is 12.1 Å². The number of hydrogen-bond acceptors (Lipinski definition) is 6. The van der Waals surface area contributed by atoms with Gasteiger partial charge in [0.05, 0.1) is 0 Å². The van der Waals surface area contributed by atoms with Gasteiger partial charge in [-0.1, -0.05) is 12.1 Å². The van der Waals surface area contributed by atoms with Gasteiger partial charge in [-0.2, -0.15) is 0 Å². The first kappa shape index (κ1) is 21.9. The molecule has 7 heteroatoms. The summed E-state index contributed by atoms with van der Waals surface area (Å²) >= 11 is 0. The predicted molar refractivity (Wildman–Crippen MR) is 118 cm³/mol. The van der Waals surface area contributed by atoms with Gasteiger partial charge in [-0.3, -0.25) is 14.5 Å². The van der Waals surface area contributed by atoms with E-state index in [9.17, 15) is 9.59 Å². The van der Waals surface area contributed by atoms with Crippen molar-refractivity contribution in [2.45, 2.75) is 33.1 Å². The van der Waals surface area contributed by atoms with Gasteiger partial charge in [0.25, 0.3) is 0 Å². The van der Waals surface area contributed by atoms with E-state index in [-0.39, 0.29) is 24.5 Å². The van der Waals surface area contributed by atoms with Crippen LogP contribution in [0.15, 0.2) is 36.7 Å². The molecule has 1 saturated heterocycles. The summed E-state index contributed by atoms with van der Waals surface area (Å²) in [6.07, 6.45) is 4.93. The van der Waals surface area contributed by atoms with E-state index < -0.39 is 0 Å². The second-order valence-electron chi connectivity index (χ2n) is 7.80. The van der Waals surface area contributed by atoms with Crippen molar-refractivity contribution in [3.63, 3.8) is 0 Å². The van der Waals surface area contributed by atoms with E-state index >= 15 is 0 Å². The third-order valence-electron chi connectivity index (χ3n) is 5.59. The number of aromatic nitrogens is 2. The number of Topliss-reactive ketones (excluding diaryl/α,β-unsaturated/α-hetero) is 1. The first-order valence-corrected chi connectivity index (χ1v) is 10.6. The number of benzene rings is 1. The molecular formula is C23H31N5O2. The van der Waals surface area contributed by atoms with Crippen LogP contribution in [0.5, 0.6) is 0 Å². The third kappa shape index (κ3) is 6.35. The zero-order chi connectivity index (χ0) is 21.3. The van der Waals surface area contributed by atoms with Gasteiger partial charge in [-0.05, 0) is 50.1 Å². The lowest BCUT2D eigenvalue weighted by atomic mass is 10.0. The summed E-state index contributed by atoms with van der Waals surface area (Å²) in [5.41, 5.74) is 2.95. The van der Waals surface area contributed by atoms with Crippen LogP contribution in [0, 0.1) is 13.8 Å². The Kier molecular flexibility index (Phi) is 7.90. The number of carbonyl (C=O) groups excluding carboxylic acids is 2. The number of amides is 1. The highest BCUT2D eigenvalue weighted by Crippen LogP contribution is 2.13. The van der Waals surface area contributed by atoms with Crippen LogP contribution in [0.1, 0.15) is 40.7 Å². The van der Waals surface area contributed by atoms with Crippen molar-refractivity contribution in [2.24, 2.45) is 0 Å². The normalized spacial score (nSPS) is 14.5. The minimum absolute atomic E-state index is 0.0218. The molecule has 0 saturated carbocycles. The Bertz CT molecular complexity index is 848. The minimum atomic E-state index is -0.0572. The summed E-state index contributed by atoms with van der Waals surface area (Å²) < 4.78 is 0. The molecule has 0 radical (unpaired) electrons. The molecule has 160 valence electrons. The first-order valence-electron chi connectivity index (χ1n) is 10.6. The monoisotopic (exact) mass is 409 g/mol. The Morgan fingerprint density at radius 1 is 1.00 bits per heavy atom. The van der Waals surface area contributed by atoms with Crippen LogP contribution in [0.4, 0.5) is 5.95 Å². The molecule has 1 N–H and O–H groups in total. The van der Waals surface area contributed by atoms with Crippen molar-refractivity contribution in [1.82, 2.24) is 20.2 Å². The molecule has 30 heavy (non-hydrogen) atoms. The quantitative estimate of drug-likeness (QED) is 0.506. The highest BCUT2D eigenvalue weighted by atomic mass is 16.2. The number of hydrogen-bond donors (Lipinski definition) is 1. The molecule has 1 aromatic heterocycles. The average molecular weight is 410 g/mol. The van der Waals surface area contributed by atoms with Crippen LogP contribution in [-0.4, -0.2) is 65.8 Å². The van der Waals surface area contributed by atoms with Gasteiger partial charge in [0.15, 0.2) is 5.78 Å². The summed E-state index contributed by atoms with van der Waals surface area (Å²) in [7, 11) is 0. The number of piperazine rings is 1. The molecule has 0 bridgehead atoms. The lowest BCUT2D eigenvalue weighted by Crippen LogP contribution is -2.47. The standard InChI is InChI=1S/C23H31N5O2/c1-18-5-6-20(17-19(18)2)21(29)7-8-22(30)24-11-4-12-27-13-15-28(16-14-27)23-25-9-3-10-26-23/h3,5-6,9-10,17H,4,7-8,11-16H2,1-2H3,(H,24,30). The van der Waals surface area contributed by atoms with Gasteiger partial charge in [-0.25, -0.2) is 9.97 Å². The summed E-state index contributed by atoms with van der Waals surface area (Å²) in [6, 6.07) is 7.52. The molecule has 3 rings (SSSR count). The largest absolute Gasteiger partial charge is 0.356 e. The van der Waals surface area contributed by atoms with Crippen molar-refractivity contribution in [3.05, 3.63) is 53.3 Å². The van der Waals surface area contributed by atoms with Gasteiger partial charge in [-0.15, -0.1) is 0 Å². The molecule has 1 aliphatic rings. The van der Waals surface area contributed by atoms with Crippen molar-refractivity contribution in [3.8, 4) is 0 Å². The van der Waals surface area contributed by atoms with Gasteiger partial charge in [0.1, 0.15) is 0 Å². The second kappa shape index (κ2) is 10.8. The average Bonchev–Trinajstić information content (AvgIpc) is 2.78. The minimum Gasteiger partial charge on any atom is -0.356 e. The lowest BCUT2D eigenvalue weighted by Gasteiger charge is -2.34. The number of nitrogens with zero attached hydrogens (tertiary/aromatic N) is 4. The maximum Gasteiger partial charge on any atom is 0.225 e. The second-order valence-corrected chi connectivity index (χ2v) is 7.80. The van der Waals surface area contributed by atoms with E-state index in [4.69, 9.17) is 0 Å². The SMILES string of the molecule is Cc1ccc(C(=O)CCC(=O)NCCCN2CCN(c3ncccn3)CC2)cc1C. The van der Waals surface area contributed by atoms with Crippen LogP contribution >= 0.6 is 0 Å². The van der Waals surface area contributed by atoms with Gasteiger partial charge >= 0.3 is 0 Å². The Labute approximate surface area is 178 Å². The van der Waals surface area contributed by atoms with Crippen molar-refractivity contribution >= 4 is 17.6 Å². The summed E-state index contributed by atoms with van der Waals surface area (Å²) in [4.78, 5) is 37.5. The highest BCUT2D eigenvalue weighted by molar-refractivity contribution is 5.98.